The second kappa shape index (κ2) is 6.33. The molecule has 7 heteroatoms. The molecular formula is C18H20N4O2S. The molecule has 2 aromatic heterocycles. The smallest absolute Gasteiger partial charge is 0.263 e. The van der Waals surface area contributed by atoms with Gasteiger partial charge in [0.15, 0.2) is 0 Å². The summed E-state index contributed by atoms with van der Waals surface area (Å²) in [6, 6.07) is 11.3. The number of nitrogens with one attached hydrogen (secondary N) is 1. The predicted octanol–water partition coefficient (Wildman–Crippen LogP) is 3.30. The van der Waals surface area contributed by atoms with Crippen LogP contribution in [0.2, 0.25) is 0 Å². The lowest BCUT2D eigenvalue weighted by atomic mass is 10.2. The summed E-state index contributed by atoms with van der Waals surface area (Å²) in [6.07, 6.45) is 1.57. The number of aromatic nitrogens is 3. The fourth-order valence-electron chi connectivity index (χ4n) is 2.74. The molecule has 130 valence electrons. The maximum absolute atomic E-state index is 12.8. The van der Waals surface area contributed by atoms with Gasteiger partial charge in [-0.3, -0.25) is 4.72 Å². The molecule has 0 atom stereocenters. The van der Waals surface area contributed by atoms with Gasteiger partial charge >= 0.3 is 0 Å². The van der Waals surface area contributed by atoms with Crippen LogP contribution in [0.25, 0.3) is 5.69 Å². The van der Waals surface area contributed by atoms with Crippen molar-refractivity contribution in [3.8, 4) is 5.69 Å². The van der Waals surface area contributed by atoms with E-state index in [4.69, 9.17) is 0 Å². The number of nitrogens with zero attached hydrogens (tertiary/aromatic N) is 3. The Balaban J connectivity index is 2.03. The highest BCUT2D eigenvalue weighted by molar-refractivity contribution is 7.92. The maximum Gasteiger partial charge on any atom is 0.266 e. The van der Waals surface area contributed by atoms with Crippen molar-refractivity contribution >= 4 is 15.8 Å². The lowest BCUT2D eigenvalue weighted by Crippen LogP contribution is -2.15. The van der Waals surface area contributed by atoms with Crippen molar-refractivity contribution in [1.82, 2.24) is 14.8 Å². The predicted molar refractivity (Wildman–Crippen MR) is 97.6 cm³/mol. The van der Waals surface area contributed by atoms with Crippen LogP contribution in [0.15, 0.2) is 47.5 Å². The lowest BCUT2D eigenvalue weighted by molar-refractivity contribution is 0.599. The summed E-state index contributed by atoms with van der Waals surface area (Å²) >= 11 is 0. The SMILES string of the molecule is Cc1ccc(-n2nc(C)c(S(=O)(=O)Nc3cc(C)ccn3)c2C)cc1. The highest BCUT2D eigenvalue weighted by Crippen LogP contribution is 2.24. The number of anilines is 1. The molecule has 0 amide bonds. The lowest BCUT2D eigenvalue weighted by Gasteiger charge is -2.09. The van der Waals surface area contributed by atoms with Crippen molar-refractivity contribution in [1.29, 1.82) is 0 Å². The van der Waals surface area contributed by atoms with Gasteiger partial charge in [0, 0.05) is 6.20 Å². The van der Waals surface area contributed by atoms with Gasteiger partial charge in [0.2, 0.25) is 0 Å². The minimum Gasteiger partial charge on any atom is -0.263 e. The normalized spacial score (nSPS) is 11.5. The summed E-state index contributed by atoms with van der Waals surface area (Å²) < 4.78 is 29.9. The van der Waals surface area contributed by atoms with Gasteiger partial charge < -0.3 is 0 Å². The highest BCUT2D eigenvalue weighted by atomic mass is 32.2. The number of pyridine rings is 1. The Morgan fingerprint density at radius 2 is 1.64 bits per heavy atom. The van der Waals surface area contributed by atoms with Gasteiger partial charge in [0.05, 0.1) is 17.1 Å². The van der Waals surface area contributed by atoms with Crippen LogP contribution in [0.4, 0.5) is 5.82 Å². The summed E-state index contributed by atoms with van der Waals surface area (Å²) in [5.41, 5.74) is 3.88. The van der Waals surface area contributed by atoms with E-state index >= 15 is 0 Å². The molecule has 0 unspecified atom stereocenters. The third-order valence-electron chi connectivity index (χ3n) is 3.93. The third kappa shape index (κ3) is 3.41. The molecule has 0 bridgehead atoms. The molecule has 0 aliphatic carbocycles. The zero-order valence-corrected chi connectivity index (χ0v) is 15.4. The Morgan fingerprint density at radius 3 is 2.28 bits per heavy atom. The molecule has 0 saturated carbocycles. The van der Waals surface area contributed by atoms with Crippen molar-refractivity contribution in [2.75, 3.05) is 4.72 Å². The van der Waals surface area contributed by atoms with Crippen LogP contribution < -0.4 is 4.72 Å². The molecule has 1 N–H and O–H groups in total. The number of sulfonamides is 1. The molecule has 2 heterocycles. The van der Waals surface area contributed by atoms with Gasteiger partial charge in [0.1, 0.15) is 10.7 Å². The fraction of sp³-hybridized carbons (Fsp3) is 0.222. The Kier molecular flexibility index (Phi) is 4.34. The van der Waals surface area contributed by atoms with E-state index in [1.807, 2.05) is 44.2 Å². The topological polar surface area (TPSA) is 76.9 Å². The van der Waals surface area contributed by atoms with E-state index in [2.05, 4.69) is 14.8 Å². The third-order valence-corrected chi connectivity index (χ3v) is 5.53. The van der Waals surface area contributed by atoms with E-state index in [9.17, 15) is 8.42 Å². The number of rotatable bonds is 4. The first-order valence-corrected chi connectivity index (χ1v) is 9.35. The minimum absolute atomic E-state index is 0.177. The first-order chi connectivity index (χ1) is 11.8. The van der Waals surface area contributed by atoms with Crippen LogP contribution >= 0.6 is 0 Å². The van der Waals surface area contributed by atoms with E-state index in [-0.39, 0.29) is 4.90 Å². The van der Waals surface area contributed by atoms with Gasteiger partial charge in [0.25, 0.3) is 10.0 Å². The molecule has 0 aliphatic heterocycles. The summed E-state index contributed by atoms with van der Waals surface area (Å²) in [5, 5.41) is 4.41. The average molecular weight is 356 g/mol. The molecule has 3 aromatic rings. The van der Waals surface area contributed by atoms with Gasteiger partial charge in [-0.05, 0) is 57.5 Å². The standard InChI is InChI=1S/C18H20N4O2S/c1-12-5-7-16(8-6-12)22-15(4)18(14(3)20-22)25(23,24)21-17-11-13(2)9-10-19-17/h5-11H,1-4H3,(H,19,21). The number of hydrogen-bond donors (Lipinski definition) is 1. The van der Waals surface area contributed by atoms with E-state index in [1.165, 1.54) is 0 Å². The summed E-state index contributed by atoms with van der Waals surface area (Å²) in [5.74, 6) is 0.293. The van der Waals surface area contributed by atoms with Crippen LogP contribution in [-0.4, -0.2) is 23.2 Å². The molecule has 6 nitrogen and oxygen atoms in total. The summed E-state index contributed by atoms with van der Waals surface area (Å²) in [4.78, 5) is 4.24. The van der Waals surface area contributed by atoms with Crippen LogP contribution in [0, 0.1) is 27.7 Å². The van der Waals surface area contributed by atoms with Crippen LogP contribution in [-0.2, 0) is 10.0 Å². The van der Waals surface area contributed by atoms with Crippen LogP contribution in [0.3, 0.4) is 0 Å². The molecule has 0 radical (unpaired) electrons. The van der Waals surface area contributed by atoms with E-state index < -0.39 is 10.0 Å². The highest BCUT2D eigenvalue weighted by Gasteiger charge is 2.25. The van der Waals surface area contributed by atoms with Gasteiger partial charge in [-0.15, -0.1) is 0 Å². The quantitative estimate of drug-likeness (QED) is 0.778. The van der Waals surface area contributed by atoms with Crippen LogP contribution in [0.5, 0.6) is 0 Å². The largest absolute Gasteiger partial charge is 0.266 e. The Morgan fingerprint density at radius 1 is 0.960 bits per heavy atom. The Labute approximate surface area is 147 Å². The van der Waals surface area contributed by atoms with E-state index in [1.54, 1.807) is 30.8 Å². The molecule has 0 aliphatic rings. The monoisotopic (exact) mass is 356 g/mol. The van der Waals surface area contributed by atoms with Crippen molar-refractivity contribution in [2.45, 2.75) is 32.6 Å². The van der Waals surface area contributed by atoms with Crippen molar-refractivity contribution in [3.05, 3.63) is 65.1 Å². The maximum atomic E-state index is 12.8. The average Bonchev–Trinajstić information content (AvgIpc) is 2.83. The number of hydrogen-bond acceptors (Lipinski definition) is 4. The van der Waals surface area contributed by atoms with Crippen LogP contribution in [0.1, 0.15) is 22.5 Å². The van der Waals surface area contributed by atoms with Crippen molar-refractivity contribution in [3.63, 3.8) is 0 Å². The zero-order valence-electron chi connectivity index (χ0n) is 14.6. The Hall–Kier alpha value is -2.67. The van der Waals surface area contributed by atoms with E-state index in [0.29, 0.717) is 17.2 Å². The fourth-order valence-corrected chi connectivity index (χ4v) is 4.13. The van der Waals surface area contributed by atoms with Gasteiger partial charge in [-0.1, -0.05) is 17.7 Å². The second-order valence-corrected chi connectivity index (χ2v) is 7.69. The van der Waals surface area contributed by atoms with E-state index in [0.717, 1.165) is 16.8 Å². The first-order valence-electron chi connectivity index (χ1n) is 7.86. The molecule has 0 fully saturated rings. The second-order valence-electron chi connectivity index (χ2n) is 6.07. The number of benzene rings is 1. The molecule has 0 saturated heterocycles. The Bertz CT molecular complexity index is 1020. The van der Waals surface area contributed by atoms with Crippen molar-refractivity contribution < 1.29 is 8.42 Å². The molecule has 0 spiro atoms. The number of aryl methyl sites for hydroxylation is 3. The zero-order chi connectivity index (χ0) is 18.2. The first kappa shape index (κ1) is 17.2. The minimum atomic E-state index is -3.78. The molecular weight excluding hydrogens is 336 g/mol. The molecule has 25 heavy (non-hydrogen) atoms. The summed E-state index contributed by atoms with van der Waals surface area (Å²) in [7, 11) is -3.78. The van der Waals surface area contributed by atoms with Crippen molar-refractivity contribution in [2.24, 2.45) is 0 Å². The van der Waals surface area contributed by atoms with Gasteiger partial charge in [-0.2, -0.15) is 5.10 Å². The molecule has 3 rings (SSSR count). The van der Waals surface area contributed by atoms with Gasteiger partial charge in [-0.25, -0.2) is 18.1 Å². The molecule has 1 aromatic carbocycles. The summed E-state index contributed by atoms with van der Waals surface area (Å²) in [6.45, 7) is 7.32.